The molecule has 0 atom stereocenters. The number of pyridine rings is 3. The number of aromatic nitrogens is 7. The lowest BCUT2D eigenvalue weighted by atomic mass is 10.0. The first-order valence-corrected chi connectivity index (χ1v) is 15.2. The molecule has 12 nitrogen and oxygen atoms in total. The van der Waals surface area contributed by atoms with Gasteiger partial charge in [0.25, 0.3) is 0 Å². The van der Waals surface area contributed by atoms with Crippen LogP contribution >= 0.6 is 0 Å². The zero-order valence-electron chi connectivity index (χ0n) is 25.6. The molecule has 0 amide bonds. The second kappa shape index (κ2) is 12.8. The van der Waals surface area contributed by atoms with E-state index in [1.165, 1.54) is 22.6 Å². The quantitative estimate of drug-likeness (QED) is 0.238. The van der Waals surface area contributed by atoms with Crippen LogP contribution in [0.2, 0.25) is 0 Å². The lowest BCUT2D eigenvalue weighted by Gasteiger charge is -2.32. The van der Waals surface area contributed by atoms with Gasteiger partial charge in [-0.2, -0.15) is 5.26 Å². The Bertz CT molecular complexity index is 2080. The van der Waals surface area contributed by atoms with Gasteiger partial charge >= 0.3 is 5.82 Å². The molecule has 6 heterocycles. The van der Waals surface area contributed by atoms with Crippen LogP contribution in [-0.2, 0) is 6.54 Å². The Morgan fingerprint density at radius 1 is 1.00 bits per heavy atom. The van der Waals surface area contributed by atoms with Crippen molar-refractivity contribution in [3.8, 4) is 34.5 Å². The molecule has 7 rings (SSSR count). The number of rotatable bonds is 8. The highest BCUT2D eigenvalue weighted by atomic mass is 19.1. The minimum absolute atomic E-state index is 0.165. The van der Waals surface area contributed by atoms with Gasteiger partial charge in [0.1, 0.15) is 42.1 Å². The van der Waals surface area contributed by atoms with E-state index in [4.69, 9.17) is 25.8 Å². The zero-order valence-corrected chi connectivity index (χ0v) is 25.6. The summed E-state index contributed by atoms with van der Waals surface area (Å²) in [5.74, 6) is 1.44. The molecule has 5 aromatic heterocycles. The highest BCUT2D eigenvalue weighted by Crippen LogP contribution is 2.31. The van der Waals surface area contributed by atoms with Crippen molar-refractivity contribution in [2.75, 3.05) is 31.2 Å². The number of halogens is 1. The summed E-state index contributed by atoms with van der Waals surface area (Å²) in [5.41, 5.74) is 11.7. The number of nitrogen functional groups attached to an aromatic ring is 1. The van der Waals surface area contributed by atoms with E-state index >= 15 is 0 Å². The molecule has 1 saturated heterocycles. The number of imidazole rings is 1. The van der Waals surface area contributed by atoms with Crippen molar-refractivity contribution in [2.24, 2.45) is 0 Å². The SMILES string of the molecule is CO[n+]1cccc(-c2nc3ccc(-c4ccc(F)cn4)nc3n2-c2ccc(CN3CCC(Nc4ccnc(C#N)n4)CC3)cc2)c1N. The third kappa shape index (κ3) is 6.14. The standard InChI is InChI=1S/C34H30FN11O/c1-47-45-16-2-3-26(32(45)37)33-42-29-11-10-28(27-9-6-23(35)20-39-27)41-34(29)46(33)25-7-4-22(5-8-25)21-44-17-13-24(14-18-44)40-30-12-15-38-31(19-36)43-30/h2-12,15-16,20,24,37H,13-14,17-18,21H2,1H3,(H,38,40,43)/p+1. The first kappa shape index (κ1) is 29.7. The fourth-order valence-corrected chi connectivity index (χ4v) is 5.85. The van der Waals surface area contributed by atoms with Gasteiger partial charge in [-0.3, -0.25) is 20.2 Å². The van der Waals surface area contributed by atoms with Crippen molar-refractivity contribution in [3.63, 3.8) is 0 Å². The number of nitriles is 1. The molecule has 6 aromatic rings. The second-order valence-corrected chi connectivity index (χ2v) is 11.2. The Morgan fingerprint density at radius 3 is 2.55 bits per heavy atom. The van der Waals surface area contributed by atoms with Gasteiger partial charge in [0.2, 0.25) is 5.82 Å². The van der Waals surface area contributed by atoms with Gasteiger partial charge in [-0.05, 0) is 77.7 Å². The third-order valence-corrected chi connectivity index (χ3v) is 8.23. The summed E-state index contributed by atoms with van der Waals surface area (Å²) >= 11 is 0. The van der Waals surface area contributed by atoms with Crippen molar-refractivity contribution in [3.05, 3.63) is 103 Å². The molecule has 0 bridgehead atoms. The van der Waals surface area contributed by atoms with E-state index in [9.17, 15) is 4.39 Å². The van der Waals surface area contributed by atoms with Crippen LogP contribution in [0.5, 0.6) is 0 Å². The van der Waals surface area contributed by atoms with E-state index in [0.717, 1.165) is 38.2 Å². The molecular weight excluding hydrogens is 597 g/mol. The number of hydrogen-bond donors (Lipinski definition) is 2. The summed E-state index contributed by atoms with van der Waals surface area (Å²) < 4.78 is 17.1. The van der Waals surface area contributed by atoms with Gasteiger partial charge in [0.15, 0.2) is 11.5 Å². The molecule has 47 heavy (non-hydrogen) atoms. The Labute approximate surface area is 269 Å². The lowest BCUT2D eigenvalue weighted by Crippen LogP contribution is -2.43. The number of fused-ring (bicyclic) bond motifs is 1. The van der Waals surface area contributed by atoms with Crippen LogP contribution in [0.3, 0.4) is 0 Å². The molecule has 0 saturated carbocycles. The van der Waals surface area contributed by atoms with E-state index in [-0.39, 0.29) is 11.9 Å². The Morgan fingerprint density at radius 2 is 1.81 bits per heavy atom. The fourth-order valence-electron chi connectivity index (χ4n) is 5.85. The molecule has 1 aromatic carbocycles. The number of anilines is 2. The maximum absolute atomic E-state index is 13.6. The molecule has 1 aliphatic heterocycles. The maximum Gasteiger partial charge on any atom is 0.323 e. The van der Waals surface area contributed by atoms with Crippen LogP contribution in [0, 0.1) is 17.1 Å². The van der Waals surface area contributed by atoms with E-state index < -0.39 is 5.82 Å². The molecule has 1 fully saturated rings. The summed E-state index contributed by atoms with van der Waals surface area (Å²) in [6.45, 7) is 2.68. The van der Waals surface area contributed by atoms with Crippen molar-refractivity contribution in [1.29, 1.82) is 5.26 Å². The molecule has 0 aliphatic carbocycles. The lowest BCUT2D eigenvalue weighted by molar-refractivity contribution is -0.873. The molecule has 0 unspecified atom stereocenters. The van der Waals surface area contributed by atoms with Crippen LogP contribution in [-0.4, -0.2) is 60.6 Å². The molecule has 234 valence electrons. The molecule has 1 aliphatic rings. The average molecular weight is 629 g/mol. The summed E-state index contributed by atoms with van der Waals surface area (Å²) in [5, 5.41) is 12.5. The van der Waals surface area contributed by atoms with Crippen molar-refractivity contribution < 1.29 is 14.0 Å². The number of hydrogen-bond acceptors (Lipinski definition) is 10. The Balaban J connectivity index is 1.15. The van der Waals surface area contributed by atoms with E-state index in [1.54, 1.807) is 31.6 Å². The zero-order chi connectivity index (χ0) is 32.3. The molecule has 0 spiro atoms. The largest absolute Gasteiger partial charge is 0.367 e. The van der Waals surface area contributed by atoms with Crippen LogP contribution in [0.25, 0.3) is 39.6 Å². The number of piperidine rings is 1. The number of nitrogens with zero attached hydrogens (tertiary/aromatic N) is 9. The predicted octanol–water partition coefficient (Wildman–Crippen LogP) is 3.95. The topological polar surface area (TPSA) is 148 Å². The van der Waals surface area contributed by atoms with Crippen LogP contribution in [0.15, 0.2) is 85.3 Å². The van der Waals surface area contributed by atoms with Crippen LogP contribution in [0.1, 0.15) is 24.2 Å². The van der Waals surface area contributed by atoms with Gasteiger partial charge in [-0.25, -0.2) is 24.3 Å². The predicted molar refractivity (Wildman–Crippen MR) is 173 cm³/mol. The van der Waals surface area contributed by atoms with E-state index in [2.05, 4.69) is 49.4 Å². The number of likely N-dealkylation sites (tertiary alicyclic amines) is 1. The third-order valence-electron chi connectivity index (χ3n) is 8.23. The molecular formula is C34H31FN11O+. The minimum atomic E-state index is -0.411. The fraction of sp³-hybridized carbons (Fsp3) is 0.206. The molecule has 0 radical (unpaired) electrons. The first-order valence-electron chi connectivity index (χ1n) is 15.2. The van der Waals surface area contributed by atoms with Crippen molar-refractivity contribution in [1.82, 2.24) is 34.4 Å². The van der Waals surface area contributed by atoms with Gasteiger partial charge in [-0.1, -0.05) is 12.1 Å². The molecule has 3 N–H and O–H groups in total. The first-order chi connectivity index (χ1) is 23.0. The van der Waals surface area contributed by atoms with Gasteiger partial charge < -0.3 is 10.2 Å². The molecule has 13 heteroatoms. The van der Waals surface area contributed by atoms with Crippen molar-refractivity contribution in [2.45, 2.75) is 25.4 Å². The van der Waals surface area contributed by atoms with Crippen molar-refractivity contribution >= 4 is 22.8 Å². The minimum Gasteiger partial charge on any atom is -0.367 e. The average Bonchev–Trinajstić information content (AvgIpc) is 3.48. The normalized spacial score (nSPS) is 13.8. The monoisotopic (exact) mass is 628 g/mol. The van der Waals surface area contributed by atoms with E-state index in [0.29, 0.717) is 45.6 Å². The van der Waals surface area contributed by atoms with Gasteiger partial charge in [0.05, 0.1) is 17.6 Å². The summed E-state index contributed by atoms with van der Waals surface area (Å²) in [6.07, 6.45) is 6.44. The van der Waals surface area contributed by atoms with Crippen LogP contribution < -0.4 is 20.6 Å². The second-order valence-electron chi connectivity index (χ2n) is 11.2. The highest BCUT2D eigenvalue weighted by molar-refractivity contribution is 5.83. The Hall–Kier alpha value is -6.00. The van der Waals surface area contributed by atoms with E-state index in [1.807, 2.05) is 34.9 Å². The summed E-state index contributed by atoms with van der Waals surface area (Å²) in [7, 11) is 1.55. The van der Waals surface area contributed by atoms with Crippen LogP contribution in [0.4, 0.5) is 16.0 Å². The smallest absolute Gasteiger partial charge is 0.323 e. The summed E-state index contributed by atoms with van der Waals surface area (Å²) in [4.78, 5) is 30.1. The Kier molecular flexibility index (Phi) is 8.07. The maximum atomic E-state index is 13.6. The number of benzene rings is 1. The van der Waals surface area contributed by atoms with Gasteiger partial charge in [-0.15, -0.1) is 0 Å². The van der Waals surface area contributed by atoms with Gasteiger partial charge in [0, 0.05) is 37.6 Å². The summed E-state index contributed by atoms with van der Waals surface area (Å²) in [6, 6.07) is 22.8. The number of nitrogens with two attached hydrogens (primary N) is 1. The highest BCUT2D eigenvalue weighted by Gasteiger charge is 2.24. The number of nitrogens with one attached hydrogen (secondary N) is 1.